The standard InChI is InChI=1S/C19H19BrFN2O/c20-15-6-10-17(11-7-15)22-13-19(24,14-4-8-16(21)9-5-14)23-12-2-1-3-18(22)23/h4-11,24H,1-3,12-13H2/q+1/t19-/m1/s1. The van der Waals surface area contributed by atoms with Gasteiger partial charge in [-0.2, -0.15) is 0 Å². The Kier molecular flexibility index (Phi) is 3.93. The van der Waals surface area contributed by atoms with E-state index in [-0.39, 0.29) is 5.82 Å². The Balaban J connectivity index is 1.78. The van der Waals surface area contributed by atoms with E-state index in [1.165, 1.54) is 12.1 Å². The van der Waals surface area contributed by atoms with Gasteiger partial charge >= 0.3 is 0 Å². The summed E-state index contributed by atoms with van der Waals surface area (Å²) in [6, 6.07) is 14.3. The van der Waals surface area contributed by atoms with Crippen LogP contribution in [-0.2, 0) is 5.72 Å². The number of hydrogen-bond donors (Lipinski definition) is 1. The Labute approximate surface area is 149 Å². The number of halogens is 2. The Hall–Kier alpha value is -1.72. The molecule has 0 aliphatic carbocycles. The number of anilines is 1. The second-order valence-corrected chi connectivity index (χ2v) is 7.33. The third kappa shape index (κ3) is 2.56. The molecule has 1 atom stereocenters. The molecule has 2 aliphatic heterocycles. The fourth-order valence-corrected chi connectivity index (χ4v) is 3.98. The van der Waals surface area contributed by atoms with Crippen LogP contribution in [0.2, 0.25) is 0 Å². The summed E-state index contributed by atoms with van der Waals surface area (Å²) in [5, 5.41) is 11.5. The van der Waals surface area contributed by atoms with Crippen LogP contribution in [0.1, 0.15) is 24.8 Å². The average Bonchev–Trinajstić information content (AvgIpc) is 2.91. The molecule has 0 fully saturated rings. The molecule has 0 aromatic heterocycles. The van der Waals surface area contributed by atoms with Crippen molar-refractivity contribution in [3.8, 4) is 0 Å². The first-order chi connectivity index (χ1) is 11.6. The number of benzene rings is 2. The zero-order chi connectivity index (χ0) is 16.7. The van der Waals surface area contributed by atoms with E-state index in [0.717, 1.165) is 47.4 Å². The lowest BCUT2D eigenvalue weighted by atomic mass is 10.0. The normalized spacial score (nSPS) is 23.5. The van der Waals surface area contributed by atoms with E-state index in [9.17, 15) is 9.50 Å². The second-order valence-electron chi connectivity index (χ2n) is 6.41. The van der Waals surface area contributed by atoms with Crippen molar-refractivity contribution in [2.75, 3.05) is 18.0 Å². The fraction of sp³-hybridized carbons (Fsp3) is 0.316. The first-order valence-corrected chi connectivity index (χ1v) is 9.02. The van der Waals surface area contributed by atoms with Crippen molar-refractivity contribution in [2.24, 2.45) is 0 Å². The summed E-state index contributed by atoms with van der Waals surface area (Å²) in [6.07, 6.45) is 3.12. The molecule has 0 saturated heterocycles. The number of rotatable bonds is 2. The maximum Gasteiger partial charge on any atom is 0.271 e. The molecule has 2 aliphatic rings. The lowest BCUT2D eigenvalue weighted by Crippen LogP contribution is -2.41. The smallest absolute Gasteiger partial charge is 0.271 e. The van der Waals surface area contributed by atoms with Crippen molar-refractivity contribution in [1.82, 2.24) is 0 Å². The molecule has 0 unspecified atom stereocenters. The van der Waals surface area contributed by atoms with Gasteiger partial charge in [-0.25, -0.2) is 13.9 Å². The number of nitrogens with zero attached hydrogens (tertiary/aromatic N) is 2. The number of β-amino-alcohol motifs (C(OH)–C–C–N with tert-alkyl or cyclic N) is 1. The van der Waals surface area contributed by atoms with Gasteiger partial charge in [-0.05, 0) is 61.4 Å². The van der Waals surface area contributed by atoms with Gasteiger partial charge in [0.15, 0.2) is 6.54 Å². The van der Waals surface area contributed by atoms with Crippen LogP contribution in [0, 0.1) is 5.82 Å². The van der Waals surface area contributed by atoms with Gasteiger partial charge in [-0.3, -0.25) is 0 Å². The number of hydrogen-bond acceptors (Lipinski definition) is 2. The van der Waals surface area contributed by atoms with Gasteiger partial charge in [-0.15, -0.1) is 0 Å². The summed E-state index contributed by atoms with van der Waals surface area (Å²) >= 11 is 3.47. The maximum atomic E-state index is 13.3. The molecule has 124 valence electrons. The Bertz CT molecular complexity index is 788. The summed E-state index contributed by atoms with van der Waals surface area (Å²) in [5.41, 5.74) is 0.692. The molecule has 0 spiro atoms. The first-order valence-electron chi connectivity index (χ1n) is 8.23. The van der Waals surface area contributed by atoms with Gasteiger partial charge in [0.2, 0.25) is 0 Å². The summed E-state index contributed by atoms with van der Waals surface area (Å²) in [5.74, 6) is 0.864. The minimum absolute atomic E-state index is 0.284. The largest absolute Gasteiger partial charge is 0.346 e. The van der Waals surface area contributed by atoms with Crippen LogP contribution in [-0.4, -0.2) is 28.6 Å². The molecule has 24 heavy (non-hydrogen) atoms. The molecule has 2 aromatic carbocycles. The van der Waals surface area contributed by atoms with Crippen LogP contribution >= 0.6 is 15.9 Å². The Morgan fingerprint density at radius 1 is 1.04 bits per heavy atom. The third-order valence-electron chi connectivity index (χ3n) is 4.93. The average molecular weight is 390 g/mol. The minimum atomic E-state index is -1.11. The Morgan fingerprint density at radius 2 is 1.75 bits per heavy atom. The lowest BCUT2D eigenvalue weighted by Gasteiger charge is -2.24. The van der Waals surface area contributed by atoms with Crippen LogP contribution in [0.15, 0.2) is 53.0 Å². The van der Waals surface area contributed by atoms with Crippen molar-refractivity contribution in [1.29, 1.82) is 0 Å². The molecule has 0 saturated carbocycles. The molecule has 2 aromatic rings. The first kappa shape index (κ1) is 15.8. The van der Waals surface area contributed by atoms with Gasteiger partial charge in [0.25, 0.3) is 11.6 Å². The van der Waals surface area contributed by atoms with Gasteiger partial charge < -0.3 is 5.11 Å². The Morgan fingerprint density at radius 3 is 2.46 bits per heavy atom. The van der Waals surface area contributed by atoms with E-state index in [2.05, 4.69) is 37.5 Å². The highest BCUT2D eigenvalue weighted by molar-refractivity contribution is 9.10. The SMILES string of the molecule is O[C@@]1(c2ccc(F)cc2)CN(c2ccc(Br)cc2)C2=[N+]1CCCC2. The van der Waals surface area contributed by atoms with Gasteiger partial charge in [-0.1, -0.05) is 15.9 Å². The highest BCUT2D eigenvalue weighted by Crippen LogP contribution is 2.36. The van der Waals surface area contributed by atoms with E-state index in [0.29, 0.717) is 6.54 Å². The molecule has 0 bridgehead atoms. The molecule has 1 N–H and O–H groups in total. The third-order valence-corrected chi connectivity index (χ3v) is 5.45. The minimum Gasteiger partial charge on any atom is -0.346 e. The predicted molar refractivity (Wildman–Crippen MR) is 95.8 cm³/mol. The molecule has 0 radical (unpaired) electrons. The maximum absolute atomic E-state index is 13.3. The quantitative estimate of drug-likeness (QED) is 0.789. The zero-order valence-corrected chi connectivity index (χ0v) is 14.8. The molecule has 2 heterocycles. The van der Waals surface area contributed by atoms with Crippen molar-refractivity contribution < 1.29 is 14.1 Å². The van der Waals surface area contributed by atoms with Crippen LogP contribution in [0.4, 0.5) is 10.1 Å². The van der Waals surface area contributed by atoms with E-state index < -0.39 is 5.72 Å². The van der Waals surface area contributed by atoms with Crippen LogP contribution in [0.25, 0.3) is 0 Å². The predicted octanol–water partition coefficient (Wildman–Crippen LogP) is 3.85. The van der Waals surface area contributed by atoms with E-state index in [1.807, 2.05) is 12.1 Å². The highest BCUT2D eigenvalue weighted by Gasteiger charge is 2.52. The fourth-order valence-electron chi connectivity index (χ4n) is 3.72. The number of aliphatic hydroxyl groups is 1. The summed E-state index contributed by atoms with van der Waals surface area (Å²) < 4.78 is 16.4. The second kappa shape index (κ2) is 5.97. The van der Waals surface area contributed by atoms with E-state index in [4.69, 9.17) is 0 Å². The number of amidine groups is 1. The van der Waals surface area contributed by atoms with Crippen molar-refractivity contribution in [2.45, 2.75) is 25.0 Å². The topological polar surface area (TPSA) is 26.5 Å². The van der Waals surface area contributed by atoms with Gasteiger partial charge in [0.05, 0.1) is 6.54 Å². The lowest BCUT2D eigenvalue weighted by molar-refractivity contribution is -0.661. The van der Waals surface area contributed by atoms with Crippen molar-refractivity contribution in [3.05, 3.63) is 64.4 Å². The van der Waals surface area contributed by atoms with Gasteiger partial charge in [0.1, 0.15) is 11.5 Å². The molecule has 5 heteroatoms. The monoisotopic (exact) mass is 389 g/mol. The zero-order valence-electron chi connectivity index (χ0n) is 13.3. The summed E-state index contributed by atoms with van der Waals surface area (Å²) in [7, 11) is 0. The molecular weight excluding hydrogens is 371 g/mol. The van der Waals surface area contributed by atoms with Crippen LogP contribution in [0.3, 0.4) is 0 Å². The summed E-state index contributed by atoms with van der Waals surface area (Å²) in [6.45, 7) is 1.27. The molecule has 4 rings (SSSR count). The molecule has 3 nitrogen and oxygen atoms in total. The van der Waals surface area contributed by atoms with Crippen molar-refractivity contribution in [3.63, 3.8) is 0 Å². The highest BCUT2D eigenvalue weighted by atomic mass is 79.9. The van der Waals surface area contributed by atoms with Crippen LogP contribution < -0.4 is 4.90 Å². The van der Waals surface area contributed by atoms with Gasteiger partial charge in [0, 0.05) is 16.5 Å². The summed E-state index contributed by atoms with van der Waals surface area (Å²) in [4.78, 5) is 2.19. The molecular formula is C19H19BrFN2O+. The molecule has 0 amide bonds. The van der Waals surface area contributed by atoms with Crippen LogP contribution in [0.5, 0.6) is 0 Å². The van der Waals surface area contributed by atoms with Crippen molar-refractivity contribution >= 4 is 27.5 Å². The van der Waals surface area contributed by atoms with E-state index >= 15 is 0 Å². The van der Waals surface area contributed by atoms with E-state index in [1.54, 1.807) is 12.1 Å².